The minimum absolute atomic E-state index is 0.579. The van der Waals surface area contributed by atoms with Crippen LogP contribution in [0.25, 0.3) is 11.0 Å². The third kappa shape index (κ3) is 2.64. The lowest BCUT2D eigenvalue weighted by atomic mass is 10.3. The summed E-state index contributed by atoms with van der Waals surface area (Å²) in [4.78, 5) is 4.36. The van der Waals surface area contributed by atoms with Crippen molar-refractivity contribution >= 4 is 17.0 Å². The first-order chi connectivity index (χ1) is 7.90. The number of anilines is 1. The normalized spacial score (nSPS) is 10.6. The SMILES string of the molecule is NCCCCNc1nnc2ccccc2n1. The number of nitrogens with zero attached hydrogens (tertiary/aromatic N) is 3. The molecule has 16 heavy (non-hydrogen) atoms. The van der Waals surface area contributed by atoms with Gasteiger partial charge in [0.1, 0.15) is 5.52 Å². The molecule has 0 atom stereocenters. The van der Waals surface area contributed by atoms with Gasteiger partial charge in [0, 0.05) is 6.54 Å². The van der Waals surface area contributed by atoms with Gasteiger partial charge >= 0.3 is 0 Å². The topological polar surface area (TPSA) is 76.7 Å². The number of hydrogen-bond acceptors (Lipinski definition) is 5. The average molecular weight is 217 g/mol. The van der Waals surface area contributed by atoms with E-state index in [0.717, 1.165) is 37.0 Å². The minimum atomic E-state index is 0.579. The first-order valence-corrected chi connectivity index (χ1v) is 5.43. The maximum atomic E-state index is 5.41. The standard InChI is InChI=1S/C11H15N5/c12-7-3-4-8-13-11-14-9-5-1-2-6-10(9)15-16-11/h1-2,5-6H,3-4,7-8,12H2,(H,13,14,16). The van der Waals surface area contributed by atoms with Gasteiger partial charge in [-0.25, -0.2) is 4.98 Å². The van der Waals surface area contributed by atoms with Gasteiger partial charge in [-0.2, -0.15) is 0 Å². The highest BCUT2D eigenvalue weighted by molar-refractivity contribution is 5.73. The molecule has 1 aromatic heterocycles. The Morgan fingerprint density at radius 1 is 1.06 bits per heavy atom. The van der Waals surface area contributed by atoms with E-state index in [-0.39, 0.29) is 0 Å². The van der Waals surface area contributed by atoms with Crippen molar-refractivity contribution in [3.05, 3.63) is 24.3 Å². The van der Waals surface area contributed by atoms with Crippen molar-refractivity contribution in [2.75, 3.05) is 18.4 Å². The van der Waals surface area contributed by atoms with E-state index in [1.54, 1.807) is 0 Å². The maximum absolute atomic E-state index is 5.41. The summed E-state index contributed by atoms with van der Waals surface area (Å²) in [6.45, 7) is 1.55. The van der Waals surface area contributed by atoms with Crippen molar-refractivity contribution in [3.8, 4) is 0 Å². The third-order valence-electron chi connectivity index (χ3n) is 2.27. The summed E-state index contributed by atoms with van der Waals surface area (Å²) in [6, 6.07) is 7.69. The van der Waals surface area contributed by atoms with E-state index in [9.17, 15) is 0 Å². The summed E-state index contributed by atoms with van der Waals surface area (Å²) in [7, 11) is 0. The number of unbranched alkanes of at least 4 members (excludes halogenated alkanes) is 1. The predicted octanol–water partition coefficient (Wildman–Crippen LogP) is 1.18. The van der Waals surface area contributed by atoms with Crippen LogP contribution in [0.3, 0.4) is 0 Å². The molecule has 0 fully saturated rings. The van der Waals surface area contributed by atoms with Gasteiger partial charge in [0.05, 0.1) is 5.52 Å². The Hall–Kier alpha value is -1.75. The molecule has 0 saturated heterocycles. The van der Waals surface area contributed by atoms with Crippen LogP contribution in [0.15, 0.2) is 24.3 Å². The average Bonchev–Trinajstić information content (AvgIpc) is 2.34. The highest BCUT2D eigenvalue weighted by Crippen LogP contribution is 2.08. The Kier molecular flexibility index (Phi) is 3.61. The number of aromatic nitrogens is 3. The molecule has 0 bridgehead atoms. The van der Waals surface area contributed by atoms with Gasteiger partial charge in [-0.15, -0.1) is 10.2 Å². The number of hydrogen-bond donors (Lipinski definition) is 2. The van der Waals surface area contributed by atoms with Gasteiger partial charge in [0.25, 0.3) is 0 Å². The molecule has 0 spiro atoms. The molecule has 0 saturated carbocycles. The van der Waals surface area contributed by atoms with Crippen molar-refractivity contribution in [2.24, 2.45) is 5.73 Å². The summed E-state index contributed by atoms with van der Waals surface area (Å²) >= 11 is 0. The monoisotopic (exact) mass is 217 g/mol. The summed E-state index contributed by atoms with van der Waals surface area (Å²) in [5.41, 5.74) is 7.09. The zero-order valence-corrected chi connectivity index (χ0v) is 9.06. The van der Waals surface area contributed by atoms with Crippen LogP contribution < -0.4 is 11.1 Å². The molecule has 0 unspecified atom stereocenters. The Bertz CT molecular complexity index is 457. The summed E-state index contributed by atoms with van der Waals surface area (Å²) < 4.78 is 0. The Labute approximate surface area is 94.1 Å². The smallest absolute Gasteiger partial charge is 0.243 e. The Morgan fingerprint density at radius 3 is 2.69 bits per heavy atom. The fourth-order valence-corrected chi connectivity index (χ4v) is 1.43. The van der Waals surface area contributed by atoms with Crippen LogP contribution in [0.5, 0.6) is 0 Å². The van der Waals surface area contributed by atoms with E-state index in [0.29, 0.717) is 5.95 Å². The van der Waals surface area contributed by atoms with E-state index in [4.69, 9.17) is 5.73 Å². The lowest BCUT2D eigenvalue weighted by Gasteiger charge is -2.03. The minimum Gasteiger partial charge on any atom is -0.353 e. The van der Waals surface area contributed by atoms with Gasteiger partial charge in [-0.1, -0.05) is 12.1 Å². The quantitative estimate of drug-likeness (QED) is 0.735. The fraction of sp³-hybridized carbons (Fsp3) is 0.364. The van der Waals surface area contributed by atoms with Crippen molar-refractivity contribution < 1.29 is 0 Å². The van der Waals surface area contributed by atoms with Crippen LogP contribution in [0.1, 0.15) is 12.8 Å². The molecule has 5 nitrogen and oxygen atoms in total. The number of benzene rings is 1. The van der Waals surface area contributed by atoms with Crippen LogP contribution >= 0.6 is 0 Å². The third-order valence-corrected chi connectivity index (χ3v) is 2.27. The molecule has 3 N–H and O–H groups in total. The van der Waals surface area contributed by atoms with Crippen molar-refractivity contribution in [2.45, 2.75) is 12.8 Å². The number of rotatable bonds is 5. The van der Waals surface area contributed by atoms with Gasteiger partial charge in [0.2, 0.25) is 5.95 Å². The van der Waals surface area contributed by atoms with Crippen LogP contribution in [0, 0.1) is 0 Å². The van der Waals surface area contributed by atoms with Crippen LogP contribution in [0.4, 0.5) is 5.95 Å². The molecular formula is C11H15N5. The fourth-order valence-electron chi connectivity index (χ4n) is 1.43. The van der Waals surface area contributed by atoms with Crippen LogP contribution in [0.2, 0.25) is 0 Å². The second-order valence-electron chi connectivity index (χ2n) is 3.55. The first kappa shape index (κ1) is 10.8. The molecule has 0 aliphatic rings. The highest BCUT2D eigenvalue weighted by atomic mass is 15.2. The lowest BCUT2D eigenvalue weighted by molar-refractivity contribution is 0.768. The highest BCUT2D eigenvalue weighted by Gasteiger charge is 1.99. The lowest BCUT2D eigenvalue weighted by Crippen LogP contribution is -2.08. The first-order valence-electron chi connectivity index (χ1n) is 5.43. The molecule has 0 amide bonds. The molecule has 2 rings (SSSR count). The summed E-state index contributed by atoms with van der Waals surface area (Å²) in [5.74, 6) is 0.579. The molecule has 5 heteroatoms. The largest absolute Gasteiger partial charge is 0.353 e. The van der Waals surface area contributed by atoms with Gasteiger partial charge in [0.15, 0.2) is 0 Å². The molecule has 2 aromatic rings. The van der Waals surface area contributed by atoms with Crippen LogP contribution in [-0.2, 0) is 0 Å². The maximum Gasteiger partial charge on any atom is 0.243 e. The zero-order chi connectivity index (χ0) is 11.2. The second kappa shape index (κ2) is 5.37. The molecule has 0 aliphatic carbocycles. The van der Waals surface area contributed by atoms with Crippen molar-refractivity contribution in [1.29, 1.82) is 0 Å². The van der Waals surface area contributed by atoms with Gasteiger partial charge in [-0.3, -0.25) is 0 Å². The molecular weight excluding hydrogens is 202 g/mol. The molecule has 84 valence electrons. The number of fused-ring (bicyclic) bond motifs is 1. The molecule has 1 aromatic carbocycles. The van der Waals surface area contributed by atoms with E-state index >= 15 is 0 Å². The van der Waals surface area contributed by atoms with Crippen molar-refractivity contribution in [1.82, 2.24) is 15.2 Å². The van der Waals surface area contributed by atoms with E-state index < -0.39 is 0 Å². The Morgan fingerprint density at radius 2 is 1.88 bits per heavy atom. The van der Waals surface area contributed by atoms with E-state index in [2.05, 4.69) is 20.5 Å². The number of nitrogens with two attached hydrogens (primary N) is 1. The van der Waals surface area contributed by atoms with E-state index in [1.165, 1.54) is 0 Å². The summed E-state index contributed by atoms with van der Waals surface area (Å²) in [5, 5.41) is 11.2. The van der Waals surface area contributed by atoms with Crippen molar-refractivity contribution in [3.63, 3.8) is 0 Å². The summed E-state index contributed by atoms with van der Waals surface area (Å²) in [6.07, 6.45) is 2.03. The predicted molar refractivity (Wildman–Crippen MR) is 64.1 cm³/mol. The second-order valence-corrected chi connectivity index (χ2v) is 3.55. The number of para-hydroxylation sites is 1. The molecule has 1 heterocycles. The van der Waals surface area contributed by atoms with Crippen LogP contribution in [-0.4, -0.2) is 28.3 Å². The van der Waals surface area contributed by atoms with Gasteiger partial charge < -0.3 is 11.1 Å². The number of nitrogens with one attached hydrogen (secondary N) is 1. The van der Waals surface area contributed by atoms with E-state index in [1.807, 2.05) is 24.3 Å². The Balaban J connectivity index is 2.02. The van der Waals surface area contributed by atoms with Gasteiger partial charge in [-0.05, 0) is 31.5 Å². The molecule has 0 aliphatic heterocycles. The molecule has 0 radical (unpaired) electrons. The zero-order valence-electron chi connectivity index (χ0n) is 9.06.